The van der Waals surface area contributed by atoms with Crippen LogP contribution < -0.4 is 0 Å². The molecule has 1 saturated carbocycles. The number of ether oxygens (including phenoxy) is 1. The summed E-state index contributed by atoms with van der Waals surface area (Å²) in [5.74, 6) is -0.211. The Morgan fingerprint density at radius 1 is 1.36 bits per heavy atom. The van der Waals surface area contributed by atoms with Gasteiger partial charge in [0.05, 0.1) is 18.3 Å². The summed E-state index contributed by atoms with van der Waals surface area (Å²) in [4.78, 5) is 0. The molecule has 2 fully saturated rings. The minimum atomic E-state index is -0.610. The third-order valence-corrected chi connectivity index (χ3v) is 6.13. The molecule has 3 rings (SSSR count). The molecule has 122 valence electrons. The molecule has 4 heteroatoms. The summed E-state index contributed by atoms with van der Waals surface area (Å²) < 4.78 is 20.1. The quantitative estimate of drug-likeness (QED) is 0.874. The van der Waals surface area contributed by atoms with Crippen molar-refractivity contribution in [1.82, 2.24) is 0 Å². The van der Waals surface area contributed by atoms with Crippen LogP contribution >= 0.6 is 0 Å². The lowest BCUT2D eigenvalue weighted by molar-refractivity contribution is -0.251. The Bertz CT molecular complexity index is 571. The second-order valence-corrected chi connectivity index (χ2v) is 7.58. The molecule has 0 aromatic heterocycles. The maximum Gasteiger partial charge on any atom is 0.165 e. The zero-order valence-electron chi connectivity index (χ0n) is 13.5. The molecule has 1 saturated heterocycles. The van der Waals surface area contributed by atoms with Crippen molar-refractivity contribution in [2.45, 2.75) is 51.7 Å². The summed E-state index contributed by atoms with van der Waals surface area (Å²) in [6.45, 7) is 6.38. The first-order valence-corrected chi connectivity index (χ1v) is 8.07. The van der Waals surface area contributed by atoms with Crippen molar-refractivity contribution >= 4 is 0 Å². The number of hydrogen-bond donors (Lipinski definition) is 2. The number of phenols is 1. The molecule has 1 aromatic rings. The molecule has 2 aliphatic rings. The van der Waals surface area contributed by atoms with Crippen LogP contribution in [0.1, 0.15) is 51.7 Å². The Hall–Kier alpha value is -1.13. The van der Waals surface area contributed by atoms with Crippen LogP contribution in [0.4, 0.5) is 4.39 Å². The zero-order chi connectivity index (χ0) is 16.1. The molecule has 1 aromatic carbocycles. The Labute approximate surface area is 131 Å². The second kappa shape index (κ2) is 5.20. The van der Waals surface area contributed by atoms with E-state index in [9.17, 15) is 14.6 Å². The van der Waals surface area contributed by atoms with E-state index in [-0.39, 0.29) is 29.8 Å². The van der Waals surface area contributed by atoms with E-state index in [1.54, 1.807) is 6.07 Å². The Morgan fingerprint density at radius 3 is 2.73 bits per heavy atom. The Balaban J connectivity index is 2.00. The van der Waals surface area contributed by atoms with E-state index < -0.39 is 11.4 Å². The average Bonchev–Trinajstić information content (AvgIpc) is 2.48. The average molecular weight is 308 g/mol. The predicted molar refractivity (Wildman–Crippen MR) is 82.0 cm³/mol. The van der Waals surface area contributed by atoms with Crippen molar-refractivity contribution in [1.29, 1.82) is 0 Å². The third kappa shape index (κ3) is 2.24. The molecule has 0 radical (unpaired) electrons. The first-order chi connectivity index (χ1) is 10.3. The fourth-order valence-electron chi connectivity index (χ4n) is 4.30. The summed E-state index contributed by atoms with van der Waals surface area (Å²) in [6, 6.07) is 4.51. The summed E-state index contributed by atoms with van der Waals surface area (Å²) in [5.41, 5.74) is 0.0989. The minimum absolute atomic E-state index is 0.125. The van der Waals surface area contributed by atoms with Gasteiger partial charge in [0.15, 0.2) is 11.6 Å². The van der Waals surface area contributed by atoms with Gasteiger partial charge in [0, 0.05) is 5.41 Å². The molecule has 1 aliphatic heterocycles. The van der Waals surface area contributed by atoms with Crippen LogP contribution in [-0.2, 0) is 4.74 Å². The molecule has 1 aliphatic carbocycles. The van der Waals surface area contributed by atoms with Gasteiger partial charge < -0.3 is 14.9 Å². The van der Waals surface area contributed by atoms with Crippen molar-refractivity contribution in [3.05, 3.63) is 29.6 Å². The number of halogens is 1. The highest BCUT2D eigenvalue weighted by Gasteiger charge is 2.56. The van der Waals surface area contributed by atoms with Gasteiger partial charge in [-0.15, -0.1) is 0 Å². The number of fused-ring (bicyclic) bond motifs is 2. The second-order valence-electron chi connectivity index (χ2n) is 7.58. The first-order valence-electron chi connectivity index (χ1n) is 8.07. The smallest absolute Gasteiger partial charge is 0.165 e. The van der Waals surface area contributed by atoms with Gasteiger partial charge in [0.2, 0.25) is 0 Å². The van der Waals surface area contributed by atoms with E-state index in [4.69, 9.17) is 4.74 Å². The van der Waals surface area contributed by atoms with Crippen LogP contribution in [0, 0.1) is 23.1 Å². The molecular formula is C18H25FO3. The van der Waals surface area contributed by atoms with E-state index in [0.29, 0.717) is 5.92 Å². The van der Waals surface area contributed by atoms with Gasteiger partial charge >= 0.3 is 0 Å². The molecule has 4 atom stereocenters. The van der Waals surface area contributed by atoms with Crippen molar-refractivity contribution in [2.75, 3.05) is 6.61 Å². The Morgan fingerprint density at radius 2 is 2.09 bits per heavy atom. The van der Waals surface area contributed by atoms with Crippen molar-refractivity contribution in [2.24, 2.45) is 17.3 Å². The van der Waals surface area contributed by atoms with Crippen LogP contribution in [0.2, 0.25) is 0 Å². The molecule has 22 heavy (non-hydrogen) atoms. The number of phenolic OH excluding ortho intramolecular Hbond substituents is 1. The molecule has 3 nitrogen and oxygen atoms in total. The lowest BCUT2D eigenvalue weighted by atomic mass is 9.56. The predicted octanol–water partition coefficient (Wildman–Crippen LogP) is 3.80. The molecule has 0 spiro atoms. The maximum absolute atomic E-state index is 13.7. The molecular weight excluding hydrogens is 283 g/mol. The van der Waals surface area contributed by atoms with Crippen LogP contribution in [0.15, 0.2) is 18.2 Å². The summed E-state index contributed by atoms with van der Waals surface area (Å²) in [7, 11) is 0. The van der Waals surface area contributed by atoms with Gasteiger partial charge in [-0.2, -0.15) is 0 Å². The first kappa shape index (κ1) is 15.8. The maximum atomic E-state index is 13.7. The SMILES string of the molecule is CC1CCC2(CO)CC1C(c1ccc(O)c(F)c1)OC2(C)C. The fraction of sp³-hybridized carbons (Fsp3) is 0.667. The lowest BCUT2D eigenvalue weighted by Gasteiger charge is -2.59. The van der Waals surface area contributed by atoms with E-state index in [2.05, 4.69) is 6.92 Å². The topological polar surface area (TPSA) is 49.7 Å². The third-order valence-electron chi connectivity index (χ3n) is 6.13. The van der Waals surface area contributed by atoms with E-state index in [0.717, 1.165) is 24.8 Å². The van der Waals surface area contributed by atoms with E-state index in [1.165, 1.54) is 12.1 Å². The van der Waals surface area contributed by atoms with E-state index in [1.807, 2.05) is 13.8 Å². The summed E-state index contributed by atoms with van der Waals surface area (Å²) in [6.07, 6.45) is 2.71. The number of hydrogen-bond acceptors (Lipinski definition) is 3. The van der Waals surface area contributed by atoms with Gasteiger partial charge in [0.1, 0.15) is 0 Å². The molecule has 4 unspecified atom stereocenters. The standard InChI is InChI=1S/C18H25FO3/c1-11-6-7-18(10-20)9-13(11)16(22-17(18,2)3)12-4-5-15(21)14(19)8-12/h4-5,8,11,13,16,20-21H,6-7,9-10H2,1-3H3. The largest absolute Gasteiger partial charge is 0.505 e. The van der Waals surface area contributed by atoms with Crippen LogP contribution in [0.5, 0.6) is 5.75 Å². The molecule has 1 heterocycles. The van der Waals surface area contributed by atoms with Gasteiger partial charge in [0.25, 0.3) is 0 Å². The van der Waals surface area contributed by atoms with Crippen molar-refractivity contribution in [3.63, 3.8) is 0 Å². The van der Waals surface area contributed by atoms with E-state index >= 15 is 0 Å². The fourth-order valence-corrected chi connectivity index (χ4v) is 4.30. The highest BCUT2D eigenvalue weighted by Crippen LogP contribution is 2.59. The number of aromatic hydroxyl groups is 1. The number of benzene rings is 1. The monoisotopic (exact) mass is 308 g/mol. The summed E-state index contributed by atoms with van der Waals surface area (Å²) >= 11 is 0. The molecule has 2 N–H and O–H groups in total. The zero-order valence-corrected chi connectivity index (χ0v) is 13.5. The van der Waals surface area contributed by atoms with Crippen LogP contribution in [0.25, 0.3) is 0 Å². The van der Waals surface area contributed by atoms with Gasteiger partial charge in [-0.3, -0.25) is 0 Å². The van der Waals surface area contributed by atoms with Crippen LogP contribution in [0.3, 0.4) is 0 Å². The normalized spacial score (nSPS) is 37.0. The number of aliphatic hydroxyl groups is 1. The molecule has 0 amide bonds. The minimum Gasteiger partial charge on any atom is -0.505 e. The highest BCUT2D eigenvalue weighted by molar-refractivity contribution is 5.30. The van der Waals surface area contributed by atoms with Gasteiger partial charge in [-0.25, -0.2) is 4.39 Å². The van der Waals surface area contributed by atoms with Gasteiger partial charge in [-0.05, 0) is 62.6 Å². The molecule has 2 bridgehead atoms. The lowest BCUT2D eigenvalue weighted by Crippen LogP contribution is -2.58. The van der Waals surface area contributed by atoms with Crippen molar-refractivity contribution < 1.29 is 19.3 Å². The van der Waals surface area contributed by atoms with Crippen LogP contribution in [-0.4, -0.2) is 22.4 Å². The van der Waals surface area contributed by atoms with Gasteiger partial charge in [-0.1, -0.05) is 13.0 Å². The number of aliphatic hydroxyl groups excluding tert-OH is 1. The van der Waals surface area contributed by atoms with Crippen molar-refractivity contribution in [3.8, 4) is 5.75 Å². The summed E-state index contributed by atoms with van der Waals surface area (Å²) in [5, 5.41) is 19.4. The Kier molecular flexibility index (Phi) is 3.73. The number of rotatable bonds is 2. The highest BCUT2D eigenvalue weighted by atomic mass is 19.1.